The van der Waals surface area contributed by atoms with E-state index in [1.54, 1.807) is 29.4 Å². The van der Waals surface area contributed by atoms with E-state index in [9.17, 15) is 9.59 Å². The lowest BCUT2D eigenvalue weighted by Crippen LogP contribution is -2.58. The molecule has 1 saturated heterocycles. The number of amides is 1. The second-order valence-electron chi connectivity index (χ2n) is 8.73. The lowest BCUT2D eigenvalue weighted by Gasteiger charge is -2.47. The first-order valence-electron chi connectivity index (χ1n) is 11.6. The zero-order chi connectivity index (χ0) is 25.9. The summed E-state index contributed by atoms with van der Waals surface area (Å²) in [6.45, 7) is 7.79. The van der Waals surface area contributed by atoms with Gasteiger partial charge in [-0.15, -0.1) is 0 Å². The molecule has 1 aromatic carbocycles. The standard InChI is InChI=1S/C27H27ClIN5O2/c1-4-25(23-12-7-13-33(18-30-23)21-9-5-8-20(28)16-21)34-15-14-32(17-27(34,3)29)26(36)24-11-6-10-22(31-24)19(2)35/h4-11,16,18H,13-15,17H2,1-3H3. The molecule has 3 heterocycles. The van der Waals surface area contributed by atoms with Crippen molar-refractivity contribution >= 4 is 57.9 Å². The van der Waals surface area contributed by atoms with E-state index in [1.807, 2.05) is 48.2 Å². The fraction of sp³-hybridized carbons (Fsp3) is 0.296. The van der Waals surface area contributed by atoms with Crippen molar-refractivity contribution in [1.82, 2.24) is 14.8 Å². The molecule has 0 spiro atoms. The zero-order valence-electron chi connectivity index (χ0n) is 20.4. The molecule has 2 aliphatic rings. The Balaban J connectivity index is 1.51. The van der Waals surface area contributed by atoms with E-state index >= 15 is 0 Å². The van der Waals surface area contributed by atoms with Gasteiger partial charge in [-0.3, -0.25) is 9.59 Å². The number of aromatic nitrogens is 1. The van der Waals surface area contributed by atoms with Gasteiger partial charge in [0.2, 0.25) is 0 Å². The number of hydrogen-bond acceptors (Lipinski definition) is 6. The molecule has 9 heteroatoms. The minimum atomic E-state index is -0.394. The Labute approximate surface area is 230 Å². The predicted molar refractivity (Wildman–Crippen MR) is 152 cm³/mol. The maximum absolute atomic E-state index is 13.2. The molecular formula is C27H27ClIN5O2. The van der Waals surface area contributed by atoms with Crippen LogP contribution in [0.1, 0.15) is 41.7 Å². The molecule has 1 amide bonds. The first-order chi connectivity index (χ1) is 17.2. The first-order valence-corrected chi connectivity index (χ1v) is 13.1. The normalized spacial score (nSPS) is 20.3. The largest absolute Gasteiger partial charge is 0.352 e. The third-order valence-corrected chi connectivity index (χ3v) is 7.21. The number of Topliss-reactive ketones (excluding diaryl/α,β-unsaturated/α-hetero) is 1. The van der Waals surface area contributed by atoms with E-state index in [-0.39, 0.29) is 17.4 Å². The van der Waals surface area contributed by atoms with Crippen LogP contribution >= 0.6 is 34.2 Å². The van der Waals surface area contributed by atoms with Gasteiger partial charge in [-0.05, 0) is 50.3 Å². The molecule has 2 aliphatic heterocycles. The van der Waals surface area contributed by atoms with E-state index in [1.165, 1.54) is 6.92 Å². The Morgan fingerprint density at radius 1 is 1.17 bits per heavy atom. The number of rotatable bonds is 5. The van der Waals surface area contributed by atoms with Crippen LogP contribution in [0.25, 0.3) is 0 Å². The summed E-state index contributed by atoms with van der Waals surface area (Å²) in [7, 11) is 0. The summed E-state index contributed by atoms with van der Waals surface area (Å²) in [5.74, 6) is -0.337. The van der Waals surface area contributed by atoms with Crippen LogP contribution in [-0.4, -0.2) is 62.5 Å². The zero-order valence-corrected chi connectivity index (χ0v) is 23.3. The van der Waals surface area contributed by atoms with E-state index in [4.69, 9.17) is 16.6 Å². The van der Waals surface area contributed by atoms with E-state index in [0.717, 1.165) is 17.1 Å². The van der Waals surface area contributed by atoms with Crippen LogP contribution in [0.3, 0.4) is 0 Å². The molecule has 1 unspecified atom stereocenters. The Kier molecular flexibility index (Phi) is 7.97. The van der Waals surface area contributed by atoms with Crippen molar-refractivity contribution in [3.05, 3.63) is 88.2 Å². The highest BCUT2D eigenvalue weighted by Crippen LogP contribution is 2.35. The summed E-state index contributed by atoms with van der Waals surface area (Å²) in [6, 6.07) is 12.6. The van der Waals surface area contributed by atoms with Gasteiger partial charge in [0.05, 0.1) is 18.6 Å². The second kappa shape index (κ2) is 11.0. The number of hydrogen-bond donors (Lipinski definition) is 0. The Morgan fingerprint density at radius 2 is 1.92 bits per heavy atom. The van der Waals surface area contributed by atoms with E-state index in [2.05, 4.69) is 45.1 Å². The number of allylic oxidation sites excluding steroid dienone is 1. The molecule has 36 heavy (non-hydrogen) atoms. The predicted octanol–water partition coefficient (Wildman–Crippen LogP) is 5.34. The van der Waals surface area contributed by atoms with Crippen molar-refractivity contribution in [1.29, 1.82) is 0 Å². The van der Waals surface area contributed by atoms with Crippen molar-refractivity contribution < 1.29 is 9.59 Å². The SMILES string of the molecule is CC=C(C1=C=CCN(c2cccc(Cl)c2)C=N1)N1CCN(C(=O)c2cccc(C(C)=O)n2)CC1(C)I. The van der Waals surface area contributed by atoms with Crippen molar-refractivity contribution in [3.8, 4) is 0 Å². The average Bonchev–Trinajstić information content (AvgIpc) is 3.11. The first kappa shape index (κ1) is 26.1. The van der Waals surface area contributed by atoms with Gasteiger partial charge < -0.3 is 14.7 Å². The minimum Gasteiger partial charge on any atom is -0.352 e. The summed E-state index contributed by atoms with van der Waals surface area (Å²) >= 11 is 8.56. The molecule has 2 aromatic rings. The van der Waals surface area contributed by atoms with Crippen molar-refractivity contribution in [3.63, 3.8) is 0 Å². The highest BCUT2D eigenvalue weighted by atomic mass is 127. The van der Waals surface area contributed by atoms with Gasteiger partial charge in [0.25, 0.3) is 5.91 Å². The number of benzene rings is 1. The number of pyridine rings is 1. The third-order valence-electron chi connectivity index (χ3n) is 6.05. The lowest BCUT2D eigenvalue weighted by molar-refractivity contribution is 0.0558. The van der Waals surface area contributed by atoms with Crippen molar-refractivity contribution in [2.75, 3.05) is 31.1 Å². The molecule has 1 atom stereocenters. The van der Waals surface area contributed by atoms with Gasteiger partial charge in [-0.25, -0.2) is 9.98 Å². The molecule has 4 rings (SSSR count). The van der Waals surface area contributed by atoms with Gasteiger partial charge in [0.1, 0.15) is 20.6 Å². The number of nitrogens with zero attached hydrogens (tertiary/aromatic N) is 5. The van der Waals surface area contributed by atoms with Crippen LogP contribution in [0.5, 0.6) is 0 Å². The number of carbonyl (C=O) groups excluding carboxylic acids is 2. The molecule has 0 N–H and O–H groups in total. The number of halogens is 2. The summed E-state index contributed by atoms with van der Waals surface area (Å²) in [4.78, 5) is 40.0. The van der Waals surface area contributed by atoms with Gasteiger partial charge in [-0.1, -0.05) is 58.1 Å². The molecule has 1 aromatic heterocycles. The molecule has 186 valence electrons. The van der Waals surface area contributed by atoms with Crippen LogP contribution in [0, 0.1) is 0 Å². The number of anilines is 1. The van der Waals surface area contributed by atoms with Gasteiger partial charge in [0, 0.05) is 37.3 Å². The Hall–Kier alpha value is -2.94. The topological polar surface area (TPSA) is 69.1 Å². The van der Waals surface area contributed by atoms with E-state index in [0.29, 0.717) is 36.9 Å². The molecular weight excluding hydrogens is 589 g/mol. The number of ketones is 1. The molecule has 1 fully saturated rings. The average molecular weight is 616 g/mol. The number of aliphatic imine (C=N–C) groups is 1. The monoisotopic (exact) mass is 615 g/mol. The highest BCUT2D eigenvalue weighted by Gasteiger charge is 2.39. The van der Waals surface area contributed by atoms with Crippen molar-refractivity contribution in [2.45, 2.75) is 24.3 Å². The lowest BCUT2D eigenvalue weighted by atomic mass is 10.1. The van der Waals surface area contributed by atoms with Gasteiger partial charge >= 0.3 is 0 Å². The molecule has 0 aliphatic carbocycles. The second-order valence-corrected chi connectivity index (χ2v) is 11.5. The Morgan fingerprint density at radius 3 is 2.61 bits per heavy atom. The summed E-state index contributed by atoms with van der Waals surface area (Å²) < 4.78 is -0.394. The molecule has 7 nitrogen and oxygen atoms in total. The quantitative estimate of drug-likeness (QED) is 0.149. The molecule has 0 bridgehead atoms. The van der Waals surface area contributed by atoms with Crippen LogP contribution in [-0.2, 0) is 0 Å². The van der Waals surface area contributed by atoms with Gasteiger partial charge in [0.15, 0.2) is 5.78 Å². The summed E-state index contributed by atoms with van der Waals surface area (Å²) in [5, 5.41) is 0.674. The minimum absolute atomic E-state index is 0.162. The van der Waals surface area contributed by atoms with Crippen LogP contribution < -0.4 is 4.90 Å². The maximum Gasteiger partial charge on any atom is 0.272 e. The van der Waals surface area contributed by atoms with Gasteiger partial charge in [-0.2, -0.15) is 0 Å². The fourth-order valence-electron chi connectivity index (χ4n) is 4.26. The molecule has 0 saturated carbocycles. The number of alkyl halides is 1. The van der Waals surface area contributed by atoms with Crippen LogP contribution in [0.4, 0.5) is 5.69 Å². The highest BCUT2D eigenvalue weighted by molar-refractivity contribution is 14.1. The van der Waals surface area contributed by atoms with Crippen LogP contribution in [0.2, 0.25) is 5.02 Å². The summed E-state index contributed by atoms with van der Waals surface area (Å²) in [5.41, 5.74) is 6.58. The van der Waals surface area contributed by atoms with Crippen molar-refractivity contribution in [2.24, 2.45) is 4.99 Å². The number of piperazine rings is 1. The maximum atomic E-state index is 13.2. The number of carbonyl (C=O) groups is 2. The third kappa shape index (κ3) is 5.72. The Bertz CT molecular complexity index is 1310. The summed E-state index contributed by atoms with van der Waals surface area (Å²) in [6.07, 6.45) is 5.80. The molecule has 0 radical (unpaired) electrons. The van der Waals surface area contributed by atoms with E-state index < -0.39 is 3.55 Å². The fourth-order valence-corrected chi connectivity index (χ4v) is 5.36. The van der Waals surface area contributed by atoms with Crippen LogP contribution in [0.15, 0.2) is 76.7 Å². The smallest absolute Gasteiger partial charge is 0.272 e.